The minimum absolute atomic E-state index is 1.13. The quantitative estimate of drug-likeness (QED) is 0.309. The second kappa shape index (κ2) is 9.83. The molecular formula is C19H30. The molecule has 0 nitrogen and oxygen atoms in total. The molecule has 0 heterocycles. The fourth-order valence-electron chi connectivity index (χ4n) is 2.51. The van der Waals surface area contributed by atoms with Crippen molar-refractivity contribution >= 4 is 0 Å². The molecular weight excluding hydrogens is 228 g/mol. The second-order valence-electron chi connectivity index (χ2n) is 5.50. The number of hydrogen-bond acceptors (Lipinski definition) is 0. The van der Waals surface area contributed by atoms with Crippen molar-refractivity contribution in [2.45, 2.75) is 71.6 Å². The van der Waals surface area contributed by atoms with Gasteiger partial charge in [0.25, 0.3) is 0 Å². The Balaban J connectivity index is 2.63. The van der Waals surface area contributed by atoms with Crippen molar-refractivity contribution in [2.75, 3.05) is 0 Å². The molecule has 0 heteroatoms. The number of hydrogen-bond donors (Lipinski definition) is 0. The zero-order valence-electron chi connectivity index (χ0n) is 12.9. The van der Waals surface area contributed by atoms with Crippen molar-refractivity contribution < 1.29 is 0 Å². The van der Waals surface area contributed by atoms with Gasteiger partial charge in [0, 0.05) is 0 Å². The first-order valence-corrected chi connectivity index (χ1v) is 8.03. The molecule has 0 amide bonds. The van der Waals surface area contributed by atoms with Gasteiger partial charge in [-0.3, -0.25) is 0 Å². The Morgan fingerprint density at radius 2 is 1.74 bits per heavy atom. The molecule has 0 aromatic rings. The van der Waals surface area contributed by atoms with Crippen molar-refractivity contribution in [1.82, 2.24) is 0 Å². The molecule has 1 aliphatic carbocycles. The molecule has 0 aliphatic heterocycles. The molecule has 0 fully saturated rings. The molecule has 0 aromatic carbocycles. The third-order valence-electron chi connectivity index (χ3n) is 3.76. The third-order valence-corrected chi connectivity index (χ3v) is 3.76. The highest BCUT2D eigenvalue weighted by Crippen LogP contribution is 2.27. The fraction of sp³-hybridized carbons (Fsp3) is 0.579. The van der Waals surface area contributed by atoms with Gasteiger partial charge in [0.2, 0.25) is 0 Å². The Bertz CT molecular complexity index is 342. The molecule has 1 aliphatic rings. The normalized spacial score (nSPS) is 13.8. The highest BCUT2D eigenvalue weighted by atomic mass is 14.1. The van der Waals surface area contributed by atoms with E-state index >= 15 is 0 Å². The largest absolute Gasteiger partial charge is 0.103 e. The van der Waals surface area contributed by atoms with Crippen LogP contribution in [-0.2, 0) is 0 Å². The van der Waals surface area contributed by atoms with E-state index in [2.05, 4.69) is 38.7 Å². The van der Waals surface area contributed by atoms with Gasteiger partial charge in [0.15, 0.2) is 0 Å². The SMILES string of the molecule is C=CCCCC1=CC(=C(CCCC)CCCC)C=C1. The fourth-order valence-corrected chi connectivity index (χ4v) is 2.51. The summed E-state index contributed by atoms with van der Waals surface area (Å²) in [5, 5.41) is 0. The second-order valence-corrected chi connectivity index (χ2v) is 5.50. The predicted octanol–water partition coefficient (Wildman–Crippen LogP) is 6.52. The van der Waals surface area contributed by atoms with E-state index in [1.807, 2.05) is 6.08 Å². The summed E-state index contributed by atoms with van der Waals surface area (Å²) < 4.78 is 0. The molecule has 0 aromatic heterocycles. The smallest absolute Gasteiger partial charge is 0.0262 e. The Kier molecular flexibility index (Phi) is 8.29. The first kappa shape index (κ1) is 16.0. The van der Waals surface area contributed by atoms with E-state index in [1.165, 1.54) is 62.5 Å². The maximum atomic E-state index is 3.79. The number of allylic oxidation sites excluding steroid dienone is 7. The molecule has 0 unspecified atom stereocenters. The van der Waals surface area contributed by atoms with Crippen LogP contribution in [0.25, 0.3) is 0 Å². The van der Waals surface area contributed by atoms with Crippen LogP contribution in [0.15, 0.2) is 47.6 Å². The van der Waals surface area contributed by atoms with Crippen molar-refractivity contribution in [3.05, 3.63) is 47.6 Å². The Hall–Kier alpha value is -1.04. The third kappa shape index (κ3) is 6.09. The predicted molar refractivity (Wildman–Crippen MR) is 87.3 cm³/mol. The minimum atomic E-state index is 1.13. The summed E-state index contributed by atoms with van der Waals surface area (Å²) >= 11 is 0. The van der Waals surface area contributed by atoms with Crippen molar-refractivity contribution in [3.8, 4) is 0 Å². The average Bonchev–Trinajstić information content (AvgIpc) is 2.88. The lowest BCUT2D eigenvalue weighted by atomic mass is 9.97. The minimum Gasteiger partial charge on any atom is -0.103 e. The lowest BCUT2D eigenvalue weighted by Gasteiger charge is -2.08. The van der Waals surface area contributed by atoms with Crippen LogP contribution in [-0.4, -0.2) is 0 Å². The summed E-state index contributed by atoms with van der Waals surface area (Å²) in [5.41, 5.74) is 4.69. The highest BCUT2D eigenvalue weighted by molar-refractivity contribution is 5.48. The van der Waals surface area contributed by atoms with E-state index in [4.69, 9.17) is 0 Å². The first-order valence-electron chi connectivity index (χ1n) is 8.03. The summed E-state index contributed by atoms with van der Waals surface area (Å²) in [4.78, 5) is 0. The summed E-state index contributed by atoms with van der Waals surface area (Å²) in [6, 6.07) is 0. The molecule has 106 valence electrons. The van der Waals surface area contributed by atoms with Gasteiger partial charge in [0.1, 0.15) is 0 Å². The van der Waals surface area contributed by atoms with Gasteiger partial charge in [-0.05, 0) is 56.1 Å². The van der Waals surface area contributed by atoms with E-state index in [0.717, 1.165) is 6.42 Å². The van der Waals surface area contributed by atoms with Crippen molar-refractivity contribution in [2.24, 2.45) is 0 Å². The van der Waals surface area contributed by atoms with Crippen LogP contribution < -0.4 is 0 Å². The molecule has 1 rings (SSSR count). The lowest BCUT2D eigenvalue weighted by Crippen LogP contribution is -1.89. The summed E-state index contributed by atoms with van der Waals surface area (Å²) in [7, 11) is 0. The van der Waals surface area contributed by atoms with Crippen LogP contribution in [0.2, 0.25) is 0 Å². The van der Waals surface area contributed by atoms with E-state index < -0.39 is 0 Å². The van der Waals surface area contributed by atoms with Crippen molar-refractivity contribution in [3.63, 3.8) is 0 Å². The highest BCUT2D eigenvalue weighted by Gasteiger charge is 2.08. The van der Waals surface area contributed by atoms with E-state index in [9.17, 15) is 0 Å². The molecule has 0 saturated heterocycles. The van der Waals surface area contributed by atoms with Gasteiger partial charge >= 0.3 is 0 Å². The summed E-state index contributed by atoms with van der Waals surface area (Å²) in [5.74, 6) is 0. The molecule has 0 saturated carbocycles. The van der Waals surface area contributed by atoms with Crippen molar-refractivity contribution in [1.29, 1.82) is 0 Å². The average molecular weight is 258 g/mol. The maximum Gasteiger partial charge on any atom is -0.0262 e. The van der Waals surface area contributed by atoms with E-state index in [1.54, 1.807) is 5.57 Å². The maximum absolute atomic E-state index is 3.79. The molecule has 0 bridgehead atoms. The molecule has 19 heavy (non-hydrogen) atoms. The van der Waals surface area contributed by atoms with E-state index in [0.29, 0.717) is 0 Å². The van der Waals surface area contributed by atoms with Crippen LogP contribution in [0.4, 0.5) is 0 Å². The Morgan fingerprint density at radius 3 is 2.32 bits per heavy atom. The number of unbranched alkanes of at least 4 members (excludes halogenated alkanes) is 3. The standard InChI is InChI=1S/C19H30/c1-4-7-10-11-17-14-15-19(16-17)18(12-8-5-2)13-9-6-3/h4,14-16H,1,5-13H2,2-3H3. The van der Waals surface area contributed by atoms with Crippen LogP contribution in [0.1, 0.15) is 71.6 Å². The molecule has 0 spiro atoms. The van der Waals surface area contributed by atoms with Gasteiger partial charge < -0.3 is 0 Å². The Labute approximate surface area is 120 Å². The topological polar surface area (TPSA) is 0 Å². The van der Waals surface area contributed by atoms with Crippen LogP contribution in [0.5, 0.6) is 0 Å². The zero-order valence-corrected chi connectivity index (χ0v) is 12.9. The first-order chi connectivity index (χ1) is 9.31. The Morgan fingerprint density at radius 1 is 1.05 bits per heavy atom. The van der Waals surface area contributed by atoms with Gasteiger partial charge in [0.05, 0.1) is 0 Å². The molecule has 0 atom stereocenters. The summed E-state index contributed by atoms with van der Waals surface area (Å²) in [6.07, 6.45) is 20.5. The zero-order chi connectivity index (χ0) is 13.9. The van der Waals surface area contributed by atoms with Gasteiger partial charge in [-0.15, -0.1) is 6.58 Å². The van der Waals surface area contributed by atoms with Crippen LogP contribution in [0, 0.1) is 0 Å². The molecule has 0 N–H and O–H groups in total. The molecule has 0 radical (unpaired) electrons. The van der Waals surface area contributed by atoms with Gasteiger partial charge in [-0.1, -0.05) is 56.6 Å². The monoisotopic (exact) mass is 258 g/mol. The number of rotatable bonds is 10. The van der Waals surface area contributed by atoms with Crippen LogP contribution >= 0.6 is 0 Å². The van der Waals surface area contributed by atoms with Crippen LogP contribution in [0.3, 0.4) is 0 Å². The lowest BCUT2D eigenvalue weighted by molar-refractivity contribution is 0.709. The summed E-state index contributed by atoms with van der Waals surface area (Å²) in [6.45, 7) is 8.35. The van der Waals surface area contributed by atoms with Gasteiger partial charge in [-0.2, -0.15) is 0 Å². The van der Waals surface area contributed by atoms with E-state index in [-0.39, 0.29) is 0 Å². The van der Waals surface area contributed by atoms with Gasteiger partial charge in [-0.25, -0.2) is 0 Å².